The van der Waals surface area contributed by atoms with Gasteiger partial charge in [0, 0.05) is 31.3 Å². The summed E-state index contributed by atoms with van der Waals surface area (Å²) < 4.78 is 0. The summed E-state index contributed by atoms with van der Waals surface area (Å²) in [6.45, 7) is 8.48. The lowest BCUT2D eigenvalue weighted by molar-refractivity contribution is 0.284. The molecule has 4 heteroatoms. The van der Waals surface area contributed by atoms with Crippen molar-refractivity contribution in [3.63, 3.8) is 0 Å². The molecule has 0 saturated heterocycles. The number of nitrogens with zero attached hydrogens (tertiary/aromatic N) is 2. The molecule has 2 heterocycles. The first kappa shape index (κ1) is 39.6. The van der Waals surface area contributed by atoms with Gasteiger partial charge in [0.25, 0.3) is 0 Å². The van der Waals surface area contributed by atoms with E-state index in [1.54, 1.807) is 0 Å². The molecule has 0 aromatic rings. The Morgan fingerprint density at radius 1 is 0.444 bits per heavy atom. The Bertz CT molecular complexity index is 729. The zero-order valence-corrected chi connectivity index (χ0v) is 30.3. The van der Waals surface area contributed by atoms with Crippen molar-refractivity contribution in [2.24, 2.45) is 15.4 Å². The van der Waals surface area contributed by atoms with Gasteiger partial charge in [-0.3, -0.25) is 9.98 Å². The second-order valence-corrected chi connectivity index (χ2v) is 14.4. The summed E-state index contributed by atoms with van der Waals surface area (Å²) in [5.74, 6) is 2.47. The lowest BCUT2D eigenvalue weighted by Crippen LogP contribution is -2.54. The largest absolute Gasteiger partial charge is 0.373 e. The smallest absolute Gasteiger partial charge is 0.0963 e. The molecule has 2 N–H and O–H groups in total. The van der Waals surface area contributed by atoms with Crippen molar-refractivity contribution < 1.29 is 0 Å². The van der Waals surface area contributed by atoms with Gasteiger partial charge in [0.05, 0.1) is 24.8 Å². The Hall–Kier alpha value is -1.58. The predicted octanol–water partition coefficient (Wildman–Crippen LogP) is 12.1. The number of unbranched alkanes of at least 4 members (excludes halogenated alkanes) is 22. The fourth-order valence-corrected chi connectivity index (χ4v) is 6.61. The molecule has 0 bridgehead atoms. The molecule has 4 nitrogen and oxygen atoms in total. The Kier molecular flexibility index (Phi) is 25.2. The van der Waals surface area contributed by atoms with Crippen LogP contribution in [0.25, 0.3) is 0 Å². The highest BCUT2D eigenvalue weighted by Crippen LogP contribution is 2.24. The number of aliphatic imine (C=N–C) groups is 2. The van der Waals surface area contributed by atoms with Gasteiger partial charge in [0.2, 0.25) is 0 Å². The Morgan fingerprint density at radius 3 is 1.07 bits per heavy atom. The lowest BCUT2D eigenvalue weighted by atomic mass is 9.85. The van der Waals surface area contributed by atoms with Crippen LogP contribution in [0, 0.1) is 5.41 Å². The minimum Gasteiger partial charge on any atom is -0.373 e. The highest BCUT2D eigenvalue weighted by molar-refractivity contribution is 5.84. The SMILES string of the molecule is CCCCCCCC/C=C\CCCCCCCC1=NCC2(CN=C(CCCCCCC/C=C\CCCCCCCC)NC2)CN1. The maximum atomic E-state index is 4.96. The van der Waals surface area contributed by atoms with E-state index in [0.29, 0.717) is 0 Å². The highest BCUT2D eigenvalue weighted by atomic mass is 15.1. The van der Waals surface area contributed by atoms with Gasteiger partial charge in [-0.2, -0.15) is 0 Å². The second kappa shape index (κ2) is 28.6. The number of rotatable bonds is 30. The summed E-state index contributed by atoms with van der Waals surface area (Å²) >= 11 is 0. The molecule has 0 fully saturated rings. The van der Waals surface area contributed by atoms with Gasteiger partial charge in [0.15, 0.2) is 0 Å². The molecule has 0 aliphatic carbocycles. The molecule has 0 radical (unpaired) electrons. The van der Waals surface area contributed by atoms with E-state index in [1.807, 2.05) is 0 Å². The van der Waals surface area contributed by atoms with E-state index in [1.165, 1.54) is 179 Å². The number of hydrogen-bond acceptors (Lipinski definition) is 4. The van der Waals surface area contributed by atoms with Crippen molar-refractivity contribution in [3.05, 3.63) is 24.3 Å². The van der Waals surface area contributed by atoms with Crippen molar-refractivity contribution in [1.82, 2.24) is 10.6 Å². The molecular weight excluding hydrogens is 548 g/mol. The van der Waals surface area contributed by atoms with E-state index in [0.717, 1.165) is 39.0 Å². The van der Waals surface area contributed by atoms with Crippen molar-refractivity contribution in [1.29, 1.82) is 0 Å². The van der Waals surface area contributed by atoms with Gasteiger partial charge < -0.3 is 10.6 Å². The number of allylic oxidation sites excluding steroid dienone is 4. The van der Waals surface area contributed by atoms with Gasteiger partial charge in [-0.05, 0) is 64.2 Å². The third-order valence-corrected chi connectivity index (χ3v) is 9.90. The van der Waals surface area contributed by atoms with E-state index in [4.69, 9.17) is 9.98 Å². The fraction of sp³-hybridized carbons (Fsp3) is 0.854. The minimum atomic E-state index is 0.179. The molecule has 0 aromatic carbocycles. The summed E-state index contributed by atoms with van der Waals surface area (Å²) in [4.78, 5) is 9.92. The highest BCUT2D eigenvalue weighted by Gasteiger charge is 2.35. The van der Waals surface area contributed by atoms with Crippen LogP contribution in [-0.2, 0) is 0 Å². The average molecular weight is 625 g/mol. The van der Waals surface area contributed by atoms with E-state index in [-0.39, 0.29) is 5.41 Å². The summed E-state index contributed by atoms with van der Waals surface area (Å²) in [6, 6.07) is 0. The van der Waals surface area contributed by atoms with E-state index >= 15 is 0 Å². The standard InChI is InChI=1S/C41H76N4/c1-3-5-7-9-11-13-15-17-19-21-23-25-27-29-31-33-39-42-35-41(36-43-39)37-44-40(45-38-41)34-32-30-28-26-24-22-20-18-16-14-12-10-8-6-4-2/h17-20H,3-16,21-38H2,1-2H3,(H,42,43)(H,44,45)/b19-17-,20-18-. The van der Waals surface area contributed by atoms with Crippen LogP contribution < -0.4 is 10.6 Å². The molecular formula is C41H76N4. The molecule has 0 atom stereocenters. The fourth-order valence-electron chi connectivity index (χ4n) is 6.61. The third-order valence-electron chi connectivity index (χ3n) is 9.90. The first-order valence-electron chi connectivity index (χ1n) is 20.1. The topological polar surface area (TPSA) is 48.8 Å². The monoisotopic (exact) mass is 625 g/mol. The Labute approximate surface area is 281 Å². The van der Waals surface area contributed by atoms with Crippen LogP contribution in [0.1, 0.15) is 194 Å². The third kappa shape index (κ3) is 21.8. The van der Waals surface area contributed by atoms with E-state index in [2.05, 4.69) is 48.8 Å². The van der Waals surface area contributed by atoms with Crippen LogP contribution >= 0.6 is 0 Å². The summed E-state index contributed by atoms with van der Waals surface area (Å²) in [7, 11) is 0. The van der Waals surface area contributed by atoms with Crippen LogP contribution in [0.3, 0.4) is 0 Å². The van der Waals surface area contributed by atoms with Crippen molar-refractivity contribution in [2.75, 3.05) is 26.2 Å². The molecule has 2 aliphatic rings. The average Bonchev–Trinajstić information content (AvgIpc) is 3.06. The van der Waals surface area contributed by atoms with Crippen LogP contribution in [-0.4, -0.2) is 37.9 Å². The molecule has 0 amide bonds. The van der Waals surface area contributed by atoms with E-state index < -0.39 is 0 Å². The summed E-state index contributed by atoms with van der Waals surface area (Å²) in [5, 5.41) is 7.34. The molecule has 1 spiro atoms. The van der Waals surface area contributed by atoms with Crippen molar-refractivity contribution >= 4 is 11.7 Å². The quantitative estimate of drug-likeness (QED) is 0.0617. The minimum absolute atomic E-state index is 0.179. The maximum absolute atomic E-state index is 4.96. The summed E-state index contributed by atoms with van der Waals surface area (Å²) in [5.41, 5.74) is 0.179. The van der Waals surface area contributed by atoms with Crippen LogP contribution in [0.5, 0.6) is 0 Å². The number of nitrogens with one attached hydrogen (secondary N) is 2. The van der Waals surface area contributed by atoms with Gasteiger partial charge in [0.1, 0.15) is 0 Å². The van der Waals surface area contributed by atoms with Crippen LogP contribution in [0.2, 0.25) is 0 Å². The molecule has 0 unspecified atom stereocenters. The molecule has 2 aliphatic heterocycles. The Balaban J connectivity index is 1.38. The predicted molar refractivity (Wildman–Crippen MR) is 202 cm³/mol. The van der Waals surface area contributed by atoms with Crippen LogP contribution in [0.4, 0.5) is 0 Å². The first-order valence-corrected chi connectivity index (χ1v) is 20.1. The van der Waals surface area contributed by atoms with Gasteiger partial charge in [-0.15, -0.1) is 0 Å². The molecule has 0 saturated carbocycles. The second-order valence-electron chi connectivity index (χ2n) is 14.4. The Morgan fingerprint density at radius 2 is 0.756 bits per heavy atom. The van der Waals surface area contributed by atoms with E-state index in [9.17, 15) is 0 Å². The van der Waals surface area contributed by atoms with Gasteiger partial charge >= 0.3 is 0 Å². The number of hydrogen-bond donors (Lipinski definition) is 2. The molecule has 260 valence electrons. The lowest BCUT2D eigenvalue weighted by Gasteiger charge is -2.38. The van der Waals surface area contributed by atoms with Crippen molar-refractivity contribution in [3.8, 4) is 0 Å². The van der Waals surface area contributed by atoms with Gasteiger partial charge in [-0.1, -0.05) is 141 Å². The number of amidine groups is 2. The van der Waals surface area contributed by atoms with Crippen molar-refractivity contribution in [2.45, 2.75) is 194 Å². The normalized spacial score (nSPS) is 16.3. The van der Waals surface area contributed by atoms with Crippen LogP contribution in [0.15, 0.2) is 34.3 Å². The molecule has 45 heavy (non-hydrogen) atoms. The maximum Gasteiger partial charge on any atom is 0.0963 e. The molecule has 2 rings (SSSR count). The molecule has 0 aromatic heterocycles. The first-order chi connectivity index (χ1) is 22.3. The zero-order valence-electron chi connectivity index (χ0n) is 30.3. The van der Waals surface area contributed by atoms with Gasteiger partial charge in [-0.25, -0.2) is 0 Å². The summed E-state index contributed by atoms with van der Waals surface area (Å²) in [6.07, 6.45) is 47.2. The zero-order chi connectivity index (χ0) is 31.9.